The molecule has 3 rings (SSSR count). The summed E-state index contributed by atoms with van der Waals surface area (Å²) in [6.45, 7) is 1.49. The molecule has 0 aliphatic heterocycles. The van der Waals surface area contributed by atoms with Crippen molar-refractivity contribution in [1.82, 2.24) is 5.16 Å². The zero-order valence-electron chi connectivity index (χ0n) is 14.0. The molecule has 27 heavy (non-hydrogen) atoms. The van der Waals surface area contributed by atoms with Crippen molar-refractivity contribution in [3.63, 3.8) is 0 Å². The Kier molecular flexibility index (Phi) is 4.98. The first-order chi connectivity index (χ1) is 12.8. The molecular weight excluding hydrogens is 366 g/mol. The van der Waals surface area contributed by atoms with Crippen LogP contribution in [0.1, 0.15) is 27.2 Å². The highest BCUT2D eigenvalue weighted by atomic mass is 19.4. The molecule has 1 heterocycles. The largest absolute Gasteiger partial charge is 0.455 e. The predicted octanol–water partition coefficient (Wildman–Crippen LogP) is 5.16. The second-order valence-corrected chi connectivity index (χ2v) is 5.74. The minimum absolute atomic E-state index is 0.0112. The van der Waals surface area contributed by atoms with Gasteiger partial charge in [-0.1, -0.05) is 5.16 Å². The Morgan fingerprint density at radius 1 is 1.07 bits per heavy atom. The SMILES string of the molecule is Cc1c(COC(=O)c2ccc(C(F)(F)F)cc2)noc1-c1ccc(F)cc1. The maximum atomic E-state index is 13.0. The normalized spacial score (nSPS) is 11.4. The third kappa shape index (κ3) is 4.16. The molecule has 0 aliphatic carbocycles. The summed E-state index contributed by atoms with van der Waals surface area (Å²) >= 11 is 0. The Hall–Kier alpha value is -3.16. The van der Waals surface area contributed by atoms with Crippen molar-refractivity contribution in [3.05, 3.63) is 76.7 Å². The van der Waals surface area contributed by atoms with Crippen LogP contribution in [0.25, 0.3) is 11.3 Å². The number of aromatic nitrogens is 1. The first kappa shape index (κ1) is 18.6. The molecule has 2 aromatic carbocycles. The summed E-state index contributed by atoms with van der Waals surface area (Å²) in [6.07, 6.45) is -4.48. The second kappa shape index (κ2) is 7.22. The summed E-state index contributed by atoms with van der Waals surface area (Å²) in [5, 5.41) is 3.83. The van der Waals surface area contributed by atoms with Gasteiger partial charge in [0.05, 0.1) is 11.1 Å². The number of benzene rings is 2. The maximum absolute atomic E-state index is 13.0. The molecule has 0 N–H and O–H groups in total. The molecule has 8 heteroatoms. The molecule has 0 amide bonds. The van der Waals surface area contributed by atoms with Crippen LogP contribution in [0.15, 0.2) is 53.1 Å². The summed E-state index contributed by atoms with van der Waals surface area (Å²) in [6, 6.07) is 9.33. The minimum Gasteiger partial charge on any atom is -0.455 e. The molecule has 140 valence electrons. The molecule has 3 aromatic rings. The van der Waals surface area contributed by atoms with E-state index in [1.165, 1.54) is 24.3 Å². The van der Waals surface area contributed by atoms with Crippen LogP contribution in [0.4, 0.5) is 17.6 Å². The summed E-state index contributed by atoms with van der Waals surface area (Å²) < 4.78 is 60.9. The van der Waals surface area contributed by atoms with E-state index in [9.17, 15) is 22.4 Å². The van der Waals surface area contributed by atoms with Crippen LogP contribution in [0.5, 0.6) is 0 Å². The highest BCUT2D eigenvalue weighted by Gasteiger charge is 2.30. The lowest BCUT2D eigenvalue weighted by molar-refractivity contribution is -0.137. The van der Waals surface area contributed by atoms with Gasteiger partial charge in [0.15, 0.2) is 5.76 Å². The number of ether oxygens (including phenoxy) is 1. The van der Waals surface area contributed by atoms with Gasteiger partial charge in [-0.15, -0.1) is 0 Å². The number of esters is 1. The average molecular weight is 379 g/mol. The Bertz CT molecular complexity index is 945. The van der Waals surface area contributed by atoms with Crippen LogP contribution < -0.4 is 0 Å². The molecule has 0 fully saturated rings. The monoisotopic (exact) mass is 379 g/mol. The molecule has 1 aromatic heterocycles. The molecule has 0 spiro atoms. The zero-order chi connectivity index (χ0) is 19.6. The third-order valence-electron chi connectivity index (χ3n) is 3.91. The van der Waals surface area contributed by atoms with Gasteiger partial charge in [-0.25, -0.2) is 9.18 Å². The fourth-order valence-electron chi connectivity index (χ4n) is 2.39. The van der Waals surface area contributed by atoms with Crippen LogP contribution >= 0.6 is 0 Å². The number of alkyl halides is 3. The van der Waals surface area contributed by atoms with Gasteiger partial charge in [0.1, 0.15) is 18.1 Å². The Balaban J connectivity index is 1.68. The highest BCUT2D eigenvalue weighted by Crippen LogP contribution is 2.29. The van der Waals surface area contributed by atoms with E-state index in [4.69, 9.17) is 9.26 Å². The Labute approximate surface area is 151 Å². The summed E-state index contributed by atoms with van der Waals surface area (Å²) in [7, 11) is 0. The lowest BCUT2D eigenvalue weighted by atomic mass is 10.1. The van der Waals surface area contributed by atoms with E-state index < -0.39 is 17.7 Å². The molecule has 4 nitrogen and oxygen atoms in total. The van der Waals surface area contributed by atoms with Crippen LogP contribution in [0.2, 0.25) is 0 Å². The lowest BCUT2D eigenvalue weighted by Gasteiger charge is -2.07. The van der Waals surface area contributed by atoms with E-state index in [2.05, 4.69) is 5.16 Å². The van der Waals surface area contributed by atoms with E-state index in [-0.39, 0.29) is 18.0 Å². The number of nitrogens with zero attached hydrogens (tertiary/aromatic N) is 1. The van der Waals surface area contributed by atoms with Crippen molar-refractivity contribution in [2.45, 2.75) is 19.7 Å². The van der Waals surface area contributed by atoms with Gasteiger partial charge in [0.2, 0.25) is 0 Å². The number of rotatable bonds is 4. The zero-order valence-corrected chi connectivity index (χ0v) is 14.0. The summed E-state index contributed by atoms with van der Waals surface area (Å²) in [5.74, 6) is -0.758. The van der Waals surface area contributed by atoms with E-state index in [1.54, 1.807) is 6.92 Å². The van der Waals surface area contributed by atoms with Gasteiger partial charge < -0.3 is 9.26 Å². The van der Waals surface area contributed by atoms with Crippen molar-refractivity contribution in [1.29, 1.82) is 0 Å². The molecule has 0 bridgehead atoms. The number of hydrogen-bond acceptors (Lipinski definition) is 4. The quantitative estimate of drug-likeness (QED) is 0.464. The molecular formula is C19H13F4NO3. The van der Waals surface area contributed by atoms with Crippen molar-refractivity contribution >= 4 is 5.97 Å². The smallest absolute Gasteiger partial charge is 0.416 e. The number of carbonyl (C=O) groups excluding carboxylic acids is 1. The van der Waals surface area contributed by atoms with E-state index >= 15 is 0 Å². The van der Waals surface area contributed by atoms with E-state index in [0.717, 1.165) is 24.3 Å². The second-order valence-electron chi connectivity index (χ2n) is 5.74. The number of halogens is 4. The molecule has 0 saturated carbocycles. The summed E-state index contributed by atoms with van der Waals surface area (Å²) in [5.41, 5.74) is 0.719. The molecule has 0 radical (unpaired) electrons. The van der Waals surface area contributed by atoms with Gasteiger partial charge >= 0.3 is 12.1 Å². The van der Waals surface area contributed by atoms with E-state index in [0.29, 0.717) is 22.6 Å². The Morgan fingerprint density at radius 3 is 2.30 bits per heavy atom. The van der Waals surface area contributed by atoms with Crippen LogP contribution in [-0.4, -0.2) is 11.1 Å². The summed E-state index contributed by atoms with van der Waals surface area (Å²) in [4.78, 5) is 12.0. The van der Waals surface area contributed by atoms with Gasteiger partial charge in [-0.05, 0) is 55.5 Å². The first-order valence-electron chi connectivity index (χ1n) is 7.81. The van der Waals surface area contributed by atoms with Crippen molar-refractivity contribution in [3.8, 4) is 11.3 Å². The third-order valence-corrected chi connectivity index (χ3v) is 3.91. The van der Waals surface area contributed by atoms with Crippen molar-refractivity contribution in [2.24, 2.45) is 0 Å². The van der Waals surface area contributed by atoms with Crippen LogP contribution in [0, 0.1) is 12.7 Å². The molecule has 0 aliphatic rings. The van der Waals surface area contributed by atoms with Gasteiger partial charge in [0.25, 0.3) is 0 Å². The fraction of sp³-hybridized carbons (Fsp3) is 0.158. The molecule has 0 atom stereocenters. The number of carbonyl (C=O) groups is 1. The van der Waals surface area contributed by atoms with Crippen molar-refractivity contribution < 1.29 is 31.6 Å². The first-order valence-corrected chi connectivity index (χ1v) is 7.81. The standard InChI is InChI=1S/C19H13F4NO3/c1-11-16(24-27-17(11)12-4-8-15(20)9-5-12)10-26-18(25)13-2-6-14(7-3-13)19(21,22)23/h2-9H,10H2,1H3. The van der Waals surface area contributed by atoms with Crippen molar-refractivity contribution in [2.75, 3.05) is 0 Å². The highest BCUT2D eigenvalue weighted by molar-refractivity contribution is 5.89. The number of hydrogen-bond donors (Lipinski definition) is 0. The van der Waals surface area contributed by atoms with Crippen LogP contribution in [-0.2, 0) is 17.5 Å². The predicted molar refractivity (Wildman–Crippen MR) is 87.2 cm³/mol. The average Bonchev–Trinajstić information content (AvgIpc) is 3.00. The Morgan fingerprint density at radius 2 is 1.70 bits per heavy atom. The molecule has 0 unspecified atom stereocenters. The lowest BCUT2D eigenvalue weighted by Crippen LogP contribution is -2.08. The topological polar surface area (TPSA) is 52.3 Å². The van der Waals surface area contributed by atoms with E-state index in [1.807, 2.05) is 0 Å². The van der Waals surface area contributed by atoms with Gasteiger partial charge in [0, 0.05) is 11.1 Å². The molecule has 0 saturated heterocycles. The van der Waals surface area contributed by atoms with Gasteiger partial charge in [-0.3, -0.25) is 0 Å². The van der Waals surface area contributed by atoms with Gasteiger partial charge in [-0.2, -0.15) is 13.2 Å². The maximum Gasteiger partial charge on any atom is 0.416 e. The fourth-order valence-corrected chi connectivity index (χ4v) is 2.39. The van der Waals surface area contributed by atoms with Crippen LogP contribution in [0.3, 0.4) is 0 Å². The minimum atomic E-state index is -4.48.